The Morgan fingerprint density at radius 1 is 1.07 bits per heavy atom. The molecule has 0 atom stereocenters. The van der Waals surface area contributed by atoms with Crippen molar-refractivity contribution in [2.75, 3.05) is 19.6 Å². The summed E-state index contributed by atoms with van der Waals surface area (Å²) in [5.41, 5.74) is 1.83. The van der Waals surface area contributed by atoms with Crippen molar-refractivity contribution in [1.29, 1.82) is 0 Å². The summed E-state index contributed by atoms with van der Waals surface area (Å²) in [6.07, 6.45) is 2.43. The van der Waals surface area contributed by atoms with Gasteiger partial charge in [0, 0.05) is 25.2 Å². The topological polar surface area (TPSA) is 66.5 Å². The van der Waals surface area contributed by atoms with Crippen molar-refractivity contribution < 1.29 is 17.6 Å². The SMILES string of the molecule is Cc1ccc(C(=O)N2CCC(CCNS(=O)(=O)c3ccc(F)cc3)CC2)cc1. The molecular weight excluding hydrogens is 379 g/mol. The molecule has 7 heteroatoms. The molecule has 1 amide bonds. The largest absolute Gasteiger partial charge is 0.339 e. The van der Waals surface area contributed by atoms with Crippen molar-refractivity contribution in [3.8, 4) is 0 Å². The van der Waals surface area contributed by atoms with E-state index in [-0.39, 0.29) is 10.8 Å². The lowest BCUT2D eigenvalue weighted by atomic mass is 9.93. The highest BCUT2D eigenvalue weighted by Crippen LogP contribution is 2.22. The molecule has 0 radical (unpaired) electrons. The number of amides is 1. The maximum absolute atomic E-state index is 12.9. The van der Waals surface area contributed by atoms with E-state index in [9.17, 15) is 17.6 Å². The number of halogens is 1. The summed E-state index contributed by atoms with van der Waals surface area (Å²) in [4.78, 5) is 14.5. The van der Waals surface area contributed by atoms with Crippen molar-refractivity contribution >= 4 is 15.9 Å². The molecule has 1 aliphatic heterocycles. The van der Waals surface area contributed by atoms with Crippen molar-refractivity contribution in [3.05, 3.63) is 65.5 Å². The van der Waals surface area contributed by atoms with Gasteiger partial charge in [-0.3, -0.25) is 4.79 Å². The zero-order chi connectivity index (χ0) is 20.1. The Hall–Kier alpha value is -2.25. The first kappa shape index (κ1) is 20.5. The molecule has 1 saturated heterocycles. The van der Waals surface area contributed by atoms with Crippen LogP contribution in [-0.4, -0.2) is 38.9 Å². The number of piperidine rings is 1. The number of rotatable bonds is 6. The van der Waals surface area contributed by atoms with E-state index in [0.29, 0.717) is 37.5 Å². The van der Waals surface area contributed by atoms with Gasteiger partial charge in [0.25, 0.3) is 5.91 Å². The first-order chi connectivity index (χ1) is 13.3. The quantitative estimate of drug-likeness (QED) is 0.803. The van der Waals surface area contributed by atoms with Crippen molar-refractivity contribution in [3.63, 3.8) is 0 Å². The number of hydrogen-bond donors (Lipinski definition) is 1. The minimum absolute atomic E-state index is 0.0514. The second-order valence-electron chi connectivity index (χ2n) is 7.24. The van der Waals surface area contributed by atoms with Gasteiger partial charge < -0.3 is 4.90 Å². The Bertz CT molecular complexity index is 904. The second-order valence-corrected chi connectivity index (χ2v) is 9.01. The molecule has 1 heterocycles. The van der Waals surface area contributed by atoms with Gasteiger partial charge in [0.15, 0.2) is 0 Å². The fourth-order valence-corrected chi connectivity index (χ4v) is 4.45. The normalized spacial score (nSPS) is 15.6. The predicted octanol–water partition coefficient (Wildman–Crippen LogP) is 3.35. The van der Waals surface area contributed by atoms with Crippen LogP contribution in [0.25, 0.3) is 0 Å². The number of sulfonamides is 1. The molecule has 2 aromatic carbocycles. The summed E-state index contributed by atoms with van der Waals surface area (Å²) in [6, 6.07) is 12.4. The molecule has 1 fully saturated rings. The maximum Gasteiger partial charge on any atom is 0.253 e. The Morgan fingerprint density at radius 2 is 1.68 bits per heavy atom. The zero-order valence-electron chi connectivity index (χ0n) is 15.9. The number of nitrogens with zero attached hydrogens (tertiary/aromatic N) is 1. The minimum Gasteiger partial charge on any atom is -0.339 e. The van der Waals surface area contributed by atoms with Gasteiger partial charge in [-0.2, -0.15) is 0 Å². The van der Waals surface area contributed by atoms with Gasteiger partial charge in [0.2, 0.25) is 10.0 Å². The molecule has 0 unspecified atom stereocenters. The predicted molar refractivity (Wildman–Crippen MR) is 106 cm³/mol. The van der Waals surface area contributed by atoms with E-state index in [1.54, 1.807) is 0 Å². The molecule has 1 aliphatic rings. The molecule has 0 saturated carbocycles. The summed E-state index contributed by atoms with van der Waals surface area (Å²) in [7, 11) is -3.62. The smallest absolute Gasteiger partial charge is 0.253 e. The third kappa shape index (κ3) is 5.17. The van der Waals surface area contributed by atoms with Crippen LogP contribution in [0.4, 0.5) is 4.39 Å². The van der Waals surface area contributed by atoms with E-state index in [4.69, 9.17) is 0 Å². The maximum atomic E-state index is 12.9. The fourth-order valence-electron chi connectivity index (χ4n) is 3.40. The molecule has 1 N–H and O–H groups in total. The lowest BCUT2D eigenvalue weighted by molar-refractivity contribution is 0.0687. The van der Waals surface area contributed by atoms with Crippen molar-refractivity contribution in [2.45, 2.75) is 31.1 Å². The summed E-state index contributed by atoms with van der Waals surface area (Å²) >= 11 is 0. The van der Waals surface area contributed by atoms with Crippen LogP contribution < -0.4 is 4.72 Å². The first-order valence-electron chi connectivity index (χ1n) is 9.46. The van der Waals surface area contributed by atoms with Crippen LogP contribution in [-0.2, 0) is 10.0 Å². The zero-order valence-corrected chi connectivity index (χ0v) is 16.7. The van der Waals surface area contributed by atoms with Gasteiger partial charge in [-0.05, 0) is 68.5 Å². The number of benzene rings is 2. The molecular formula is C21H25FN2O3S. The number of hydrogen-bond acceptors (Lipinski definition) is 3. The monoisotopic (exact) mass is 404 g/mol. The van der Waals surface area contributed by atoms with E-state index < -0.39 is 15.8 Å². The molecule has 2 aromatic rings. The molecule has 150 valence electrons. The van der Waals surface area contributed by atoms with E-state index in [1.807, 2.05) is 36.1 Å². The second kappa shape index (κ2) is 8.84. The van der Waals surface area contributed by atoms with Crippen LogP contribution >= 0.6 is 0 Å². The van der Waals surface area contributed by atoms with Crippen LogP contribution in [0, 0.1) is 18.7 Å². The highest BCUT2D eigenvalue weighted by atomic mass is 32.2. The van der Waals surface area contributed by atoms with Gasteiger partial charge in [-0.1, -0.05) is 17.7 Å². The number of carbonyl (C=O) groups is 1. The van der Waals surface area contributed by atoms with Crippen LogP contribution in [0.5, 0.6) is 0 Å². The van der Waals surface area contributed by atoms with Gasteiger partial charge in [0.1, 0.15) is 5.82 Å². The lowest BCUT2D eigenvalue weighted by Crippen LogP contribution is -2.39. The molecule has 3 rings (SSSR count). The highest BCUT2D eigenvalue weighted by Gasteiger charge is 2.24. The van der Waals surface area contributed by atoms with Crippen molar-refractivity contribution in [1.82, 2.24) is 9.62 Å². The Kier molecular flexibility index (Phi) is 6.46. The minimum atomic E-state index is -3.62. The molecule has 0 bridgehead atoms. The van der Waals surface area contributed by atoms with Crippen LogP contribution in [0.2, 0.25) is 0 Å². The number of likely N-dealkylation sites (tertiary alicyclic amines) is 1. The van der Waals surface area contributed by atoms with Gasteiger partial charge in [-0.15, -0.1) is 0 Å². The van der Waals surface area contributed by atoms with E-state index in [1.165, 1.54) is 12.1 Å². The molecule has 0 spiro atoms. The molecule has 0 aromatic heterocycles. The molecule has 5 nitrogen and oxygen atoms in total. The average molecular weight is 405 g/mol. The van der Waals surface area contributed by atoms with E-state index in [0.717, 1.165) is 30.5 Å². The number of carbonyl (C=O) groups excluding carboxylic acids is 1. The Labute approximate surface area is 165 Å². The van der Waals surface area contributed by atoms with Gasteiger partial charge >= 0.3 is 0 Å². The standard InChI is InChI=1S/C21H25FN2O3S/c1-16-2-4-18(5-3-16)21(25)24-14-11-17(12-15-24)10-13-23-28(26,27)20-8-6-19(22)7-9-20/h2-9,17,23H,10-15H2,1H3. The fraction of sp³-hybridized carbons (Fsp3) is 0.381. The third-order valence-corrected chi connectivity index (χ3v) is 6.65. The van der Waals surface area contributed by atoms with Gasteiger partial charge in [0.05, 0.1) is 4.90 Å². The lowest BCUT2D eigenvalue weighted by Gasteiger charge is -2.32. The number of nitrogens with one attached hydrogen (secondary N) is 1. The van der Waals surface area contributed by atoms with E-state index >= 15 is 0 Å². The summed E-state index contributed by atoms with van der Waals surface area (Å²) < 4.78 is 40.0. The van der Waals surface area contributed by atoms with Crippen molar-refractivity contribution in [2.24, 2.45) is 5.92 Å². The van der Waals surface area contributed by atoms with Gasteiger partial charge in [-0.25, -0.2) is 17.5 Å². The average Bonchev–Trinajstić information content (AvgIpc) is 2.69. The highest BCUT2D eigenvalue weighted by molar-refractivity contribution is 7.89. The van der Waals surface area contributed by atoms with Crippen LogP contribution in [0.15, 0.2) is 53.4 Å². The summed E-state index contributed by atoms with van der Waals surface area (Å²) in [5.74, 6) is -0.0423. The Morgan fingerprint density at radius 3 is 2.29 bits per heavy atom. The first-order valence-corrected chi connectivity index (χ1v) is 10.9. The number of aryl methyl sites for hydroxylation is 1. The van der Waals surface area contributed by atoms with Crippen LogP contribution in [0.1, 0.15) is 35.2 Å². The molecule has 28 heavy (non-hydrogen) atoms. The third-order valence-electron chi connectivity index (χ3n) is 5.17. The Balaban J connectivity index is 1.45. The molecule has 0 aliphatic carbocycles. The van der Waals surface area contributed by atoms with Crippen LogP contribution in [0.3, 0.4) is 0 Å². The summed E-state index contributed by atoms with van der Waals surface area (Å²) in [6.45, 7) is 3.69. The van der Waals surface area contributed by atoms with E-state index in [2.05, 4.69) is 4.72 Å². The summed E-state index contributed by atoms with van der Waals surface area (Å²) in [5, 5.41) is 0.